The Bertz CT molecular complexity index is 495. The van der Waals surface area contributed by atoms with E-state index < -0.39 is 6.10 Å². The van der Waals surface area contributed by atoms with Crippen LogP contribution in [0.15, 0.2) is 30.6 Å². The number of anilines is 1. The second-order valence-corrected chi connectivity index (χ2v) is 4.06. The second-order valence-electron chi connectivity index (χ2n) is 4.06. The lowest BCUT2D eigenvalue weighted by atomic mass is 10.2. The molecule has 1 aromatic heterocycles. The van der Waals surface area contributed by atoms with E-state index in [4.69, 9.17) is 5.11 Å². The fraction of sp³-hybridized carbons (Fsp3) is 0.333. The van der Waals surface area contributed by atoms with E-state index in [1.807, 2.05) is 35.9 Å². The zero-order valence-electron chi connectivity index (χ0n) is 10.1. The normalized spacial score (nSPS) is 12.4. The van der Waals surface area contributed by atoms with Crippen molar-refractivity contribution < 1.29 is 10.2 Å². The van der Waals surface area contributed by atoms with Gasteiger partial charge >= 0.3 is 0 Å². The molecule has 0 bridgehead atoms. The number of hydrogen-bond donors (Lipinski definition) is 3. The van der Waals surface area contributed by atoms with Gasteiger partial charge < -0.3 is 20.1 Å². The molecule has 1 atom stereocenters. The Kier molecular flexibility index (Phi) is 3.91. The van der Waals surface area contributed by atoms with E-state index in [-0.39, 0.29) is 6.61 Å². The fourth-order valence-corrected chi connectivity index (χ4v) is 1.58. The van der Waals surface area contributed by atoms with Crippen LogP contribution >= 0.6 is 0 Å². The molecule has 1 unspecified atom stereocenters. The molecule has 2 rings (SSSR count). The number of aliphatic hydroxyl groups is 2. The summed E-state index contributed by atoms with van der Waals surface area (Å²) in [5.74, 6) is 0.803. The molecule has 0 aliphatic carbocycles. The van der Waals surface area contributed by atoms with Crippen LogP contribution in [0.4, 0.5) is 5.69 Å². The van der Waals surface area contributed by atoms with Crippen LogP contribution in [0.25, 0.3) is 11.4 Å². The predicted molar refractivity (Wildman–Crippen MR) is 68.0 cm³/mol. The third-order valence-electron chi connectivity index (χ3n) is 2.61. The molecule has 0 saturated heterocycles. The summed E-state index contributed by atoms with van der Waals surface area (Å²) in [6.45, 7) is 0.0732. The molecular weight excluding hydrogens is 232 g/mol. The van der Waals surface area contributed by atoms with Gasteiger partial charge in [-0.1, -0.05) is 0 Å². The van der Waals surface area contributed by atoms with Crippen molar-refractivity contribution in [3.63, 3.8) is 0 Å². The summed E-state index contributed by atoms with van der Waals surface area (Å²) in [6, 6.07) is 7.65. The summed E-state index contributed by atoms with van der Waals surface area (Å²) >= 11 is 0. The molecule has 1 aromatic carbocycles. The first-order valence-electron chi connectivity index (χ1n) is 5.68. The molecule has 96 valence electrons. The van der Waals surface area contributed by atoms with Crippen molar-refractivity contribution in [1.29, 1.82) is 0 Å². The number of nitrogens with one attached hydrogen (secondary N) is 1. The Morgan fingerprint density at radius 3 is 2.61 bits per heavy atom. The highest BCUT2D eigenvalue weighted by Crippen LogP contribution is 2.18. The Hall–Kier alpha value is -1.92. The first kappa shape index (κ1) is 12.5. The van der Waals surface area contributed by atoms with E-state index in [2.05, 4.69) is 15.5 Å². The zero-order chi connectivity index (χ0) is 13.0. The van der Waals surface area contributed by atoms with E-state index in [1.54, 1.807) is 6.33 Å². The van der Waals surface area contributed by atoms with Gasteiger partial charge in [-0.3, -0.25) is 0 Å². The van der Waals surface area contributed by atoms with Crippen LogP contribution < -0.4 is 5.32 Å². The summed E-state index contributed by atoms with van der Waals surface area (Å²) in [6.07, 6.45) is 0.905. The maximum absolute atomic E-state index is 9.23. The second kappa shape index (κ2) is 5.61. The quantitative estimate of drug-likeness (QED) is 0.706. The minimum atomic E-state index is -0.747. The van der Waals surface area contributed by atoms with Gasteiger partial charge in [0.15, 0.2) is 5.82 Å². The van der Waals surface area contributed by atoms with Crippen molar-refractivity contribution in [2.75, 3.05) is 18.5 Å². The summed E-state index contributed by atoms with van der Waals surface area (Å²) in [5, 5.41) is 28.8. The van der Waals surface area contributed by atoms with Crippen molar-refractivity contribution in [2.45, 2.75) is 6.10 Å². The van der Waals surface area contributed by atoms with Crippen molar-refractivity contribution >= 4 is 5.69 Å². The molecule has 2 aromatic rings. The van der Waals surface area contributed by atoms with Crippen LogP contribution in [-0.2, 0) is 7.05 Å². The average molecular weight is 248 g/mol. The van der Waals surface area contributed by atoms with Gasteiger partial charge in [0.25, 0.3) is 0 Å². The zero-order valence-corrected chi connectivity index (χ0v) is 10.1. The molecule has 3 N–H and O–H groups in total. The Morgan fingerprint density at radius 1 is 1.33 bits per heavy atom. The Balaban J connectivity index is 2.04. The van der Waals surface area contributed by atoms with Crippen molar-refractivity contribution in [1.82, 2.24) is 14.8 Å². The third kappa shape index (κ3) is 2.85. The summed E-state index contributed by atoms with van der Waals surface area (Å²) < 4.78 is 1.85. The van der Waals surface area contributed by atoms with Crippen LogP contribution in [0.2, 0.25) is 0 Å². The summed E-state index contributed by atoms with van der Waals surface area (Å²) in [4.78, 5) is 0. The molecule has 18 heavy (non-hydrogen) atoms. The molecule has 6 nitrogen and oxygen atoms in total. The number of aryl methyl sites for hydroxylation is 1. The molecular formula is C12H16N4O2. The number of benzene rings is 1. The number of nitrogens with zero attached hydrogens (tertiary/aromatic N) is 3. The van der Waals surface area contributed by atoms with Crippen LogP contribution in [0.1, 0.15) is 0 Å². The van der Waals surface area contributed by atoms with Crippen LogP contribution in [0, 0.1) is 0 Å². The number of aromatic nitrogens is 3. The molecule has 0 saturated carbocycles. The lowest BCUT2D eigenvalue weighted by Crippen LogP contribution is -2.22. The number of hydrogen-bond acceptors (Lipinski definition) is 5. The highest BCUT2D eigenvalue weighted by Gasteiger charge is 2.05. The van der Waals surface area contributed by atoms with Crippen LogP contribution in [-0.4, -0.2) is 44.2 Å². The minimum absolute atomic E-state index is 0.246. The molecule has 0 amide bonds. The molecule has 1 heterocycles. The van der Waals surface area contributed by atoms with Gasteiger partial charge in [0.05, 0.1) is 12.7 Å². The average Bonchev–Trinajstić information content (AvgIpc) is 2.83. The van der Waals surface area contributed by atoms with Crippen molar-refractivity contribution in [3.05, 3.63) is 30.6 Å². The highest BCUT2D eigenvalue weighted by atomic mass is 16.3. The van der Waals surface area contributed by atoms with Gasteiger partial charge in [-0.05, 0) is 24.3 Å². The molecule has 0 aliphatic heterocycles. The lowest BCUT2D eigenvalue weighted by molar-refractivity contribution is 0.105. The van der Waals surface area contributed by atoms with Gasteiger partial charge in [-0.25, -0.2) is 0 Å². The van der Waals surface area contributed by atoms with Gasteiger partial charge in [0, 0.05) is 24.8 Å². The minimum Gasteiger partial charge on any atom is -0.394 e. The SMILES string of the molecule is Cn1cnnc1-c1ccc(NCC(O)CO)cc1. The number of rotatable bonds is 5. The maximum Gasteiger partial charge on any atom is 0.163 e. The molecule has 0 fully saturated rings. The van der Waals surface area contributed by atoms with Crippen LogP contribution in [0.5, 0.6) is 0 Å². The van der Waals surface area contributed by atoms with E-state index >= 15 is 0 Å². The van der Waals surface area contributed by atoms with E-state index in [9.17, 15) is 5.11 Å². The Morgan fingerprint density at radius 2 is 2.06 bits per heavy atom. The topological polar surface area (TPSA) is 83.2 Å². The maximum atomic E-state index is 9.23. The Labute approximate surface area is 105 Å². The van der Waals surface area contributed by atoms with Crippen molar-refractivity contribution in [3.8, 4) is 11.4 Å². The molecule has 0 radical (unpaired) electrons. The number of aliphatic hydroxyl groups excluding tert-OH is 2. The standard InChI is InChI=1S/C12H16N4O2/c1-16-8-14-15-12(16)9-2-4-10(5-3-9)13-6-11(18)7-17/h2-5,8,11,13,17-18H,6-7H2,1H3. The summed E-state index contributed by atoms with van der Waals surface area (Å²) in [7, 11) is 1.89. The molecule has 0 aliphatic rings. The van der Waals surface area contributed by atoms with Gasteiger partial charge in [-0.2, -0.15) is 0 Å². The van der Waals surface area contributed by atoms with E-state index in [1.165, 1.54) is 0 Å². The monoisotopic (exact) mass is 248 g/mol. The van der Waals surface area contributed by atoms with E-state index in [0.29, 0.717) is 6.54 Å². The first-order valence-corrected chi connectivity index (χ1v) is 5.68. The fourth-order valence-electron chi connectivity index (χ4n) is 1.58. The van der Waals surface area contributed by atoms with E-state index in [0.717, 1.165) is 17.1 Å². The van der Waals surface area contributed by atoms with Crippen molar-refractivity contribution in [2.24, 2.45) is 7.05 Å². The largest absolute Gasteiger partial charge is 0.394 e. The summed E-state index contributed by atoms with van der Waals surface area (Å²) in [5.41, 5.74) is 1.86. The van der Waals surface area contributed by atoms with Gasteiger partial charge in [-0.15, -0.1) is 10.2 Å². The van der Waals surface area contributed by atoms with Gasteiger partial charge in [0.2, 0.25) is 0 Å². The smallest absolute Gasteiger partial charge is 0.163 e. The lowest BCUT2D eigenvalue weighted by Gasteiger charge is -2.10. The highest BCUT2D eigenvalue weighted by molar-refractivity contribution is 5.59. The first-order chi connectivity index (χ1) is 8.70. The molecule has 6 heteroatoms. The predicted octanol–water partition coefficient (Wildman–Crippen LogP) is 0.247. The van der Waals surface area contributed by atoms with Gasteiger partial charge in [0.1, 0.15) is 6.33 Å². The van der Waals surface area contributed by atoms with Crippen LogP contribution in [0.3, 0.4) is 0 Å². The molecule has 0 spiro atoms. The third-order valence-corrected chi connectivity index (χ3v) is 2.61.